The normalized spacial score (nSPS) is 16.6. The summed E-state index contributed by atoms with van der Waals surface area (Å²) in [5.41, 5.74) is 0.840. The molecule has 13 heavy (non-hydrogen) atoms. The lowest BCUT2D eigenvalue weighted by atomic mass is 9.77. The molecule has 0 aromatic rings. The van der Waals surface area contributed by atoms with E-state index in [1.807, 2.05) is 0 Å². The Kier molecular flexibility index (Phi) is 8.75. The fourth-order valence-corrected chi connectivity index (χ4v) is 7.11. The van der Waals surface area contributed by atoms with Crippen LogP contribution in [0.15, 0.2) is 0 Å². The molecule has 0 radical (unpaired) electrons. The molecule has 0 N–H and O–H groups in total. The molecule has 0 aromatic heterocycles. The van der Waals surface area contributed by atoms with Crippen LogP contribution in [0, 0.1) is 5.41 Å². The van der Waals surface area contributed by atoms with Crippen molar-refractivity contribution < 1.29 is 0 Å². The SMILES string of the molecule is [SiH3]CCC(CC[SiH3])(CC[SiH3])CC[SiH3]. The molecule has 80 valence electrons. The molecule has 0 aromatic carbocycles. The van der Waals surface area contributed by atoms with Gasteiger partial charge < -0.3 is 0 Å². The molecule has 0 nitrogen and oxygen atoms in total. The fraction of sp³-hybridized carbons (Fsp3) is 1.00. The standard InChI is InChI=1S/C9H28Si4/c10-5-1-9(2-6-11,3-7-12)4-8-13/h1-8H2,10-13H3. The van der Waals surface area contributed by atoms with Crippen LogP contribution in [0.2, 0.25) is 24.2 Å². The van der Waals surface area contributed by atoms with Crippen molar-refractivity contribution in [2.75, 3.05) is 0 Å². The summed E-state index contributed by atoms with van der Waals surface area (Å²) in [6.45, 7) is 0. The average molecular weight is 249 g/mol. The number of hydrogen-bond donors (Lipinski definition) is 0. The van der Waals surface area contributed by atoms with E-state index in [2.05, 4.69) is 0 Å². The number of rotatable bonds is 8. The molecule has 0 saturated heterocycles. The quantitative estimate of drug-likeness (QED) is 0.467. The molecule has 0 rings (SSSR count). The van der Waals surface area contributed by atoms with E-state index < -0.39 is 0 Å². The molecule has 0 spiro atoms. The third kappa shape index (κ3) is 5.34. The lowest BCUT2D eigenvalue weighted by Gasteiger charge is -2.33. The minimum Gasteiger partial charge on any atom is -0.0653 e. The van der Waals surface area contributed by atoms with Crippen LogP contribution in [0.3, 0.4) is 0 Å². The molecule has 0 amide bonds. The van der Waals surface area contributed by atoms with Gasteiger partial charge in [0.2, 0.25) is 0 Å². The lowest BCUT2D eigenvalue weighted by molar-refractivity contribution is 0.241. The first kappa shape index (κ1) is 13.9. The molecule has 0 aliphatic carbocycles. The van der Waals surface area contributed by atoms with Crippen molar-refractivity contribution in [1.82, 2.24) is 0 Å². The largest absolute Gasteiger partial charge is 0.0653 e. The first-order valence-corrected chi connectivity index (χ1v) is 11.9. The average Bonchev–Trinajstić information content (AvgIpc) is 2.06. The van der Waals surface area contributed by atoms with E-state index in [-0.39, 0.29) is 0 Å². The van der Waals surface area contributed by atoms with Crippen LogP contribution in [0.25, 0.3) is 0 Å². The summed E-state index contributed by atoms with van der Waals surface area (Å²) < 4.78 is 0. The topological polar surface area (TPSA) is 0 Å². The fourth-order valence-electron chi connectivity index (χ4n) is 2.87. The summed E-state index contributed by atoms with van der Waals surface area (Å²) in [4.78, 5) is 0. The van der Waals surface area contributed by atoms with Gasteiger partial charge in [-0.15, -0.1) is 0 Å². The zero-order valence-electron chi connectivity index (χ0n) is 10.2. The van der Waals surface area contributed by atoms with E-state index in [0.29, 0.717) is 0 Å². The number of hydrogen-bond acceptors (Lipinski definition) is 0. The van der Waals surface area contributed by atoms with Gasteiger partial charge in [-0.3, -0.25) is 0 Å². The third-order valence-electron chi connectivity index (χ3n) is 3.12. The second kappa shape index (κ2) is 8.20. The van der Waals surface area contributed by atoms with E-state index in [0.717, 1.165) is 5.41 Å². The van der Waals surface area contributed by atoms with E-state index in [4.69, 9.17) is 0 Å². The monoisotopic (exact) mass is 248 g/mol. The lowest BCUT2D eigenvalue weighted by Crippen LogP contribution is -2.20. The maximum absolute atomic E-state index is 1.58. The summed E-state index contributed by atoms with van der Waals surface area (Å²) in [6, 6.07) is 6.19. The Morgan fingerprint density at radius 1 is 0.538 bits per heavy atom. The van der Waals surface area contributed by atoms with Crippen molar-refractivity contribution in [3.63, 3.8) is 0 Å². The van der Waals surface area contributed by atoms with Crippen LogP contribution < -0.4 is 0 Å². The van der Waals surface area contributed by atoms with Crippen molar-refractivity contribution in [3.8, 4) is 0 Å². The summed E-state index contributed by atoms with van der Waals surface area (Å²) >= 11 is 0. The van der Waals surface area contributed by atoms with E-state index in [1.54, 1.807) is 49.9 Å². The van der Waals surface area contributed by atoms with E-state index >= 15 is 0 Å². The van der Waals surface area contributed by atoms with Crippen LogP contribution in [-0.2, 0) is 0 Å². The highest BCUT2D eigenvalue weighted by molar-refractivity contribution is 6.09. The Hall–Kier alpha value is 0.868. The highest BCUT2D eigenvalue weighted by atomic mass is 28.2. The Labute approximate surface area is 96.3 Å². The van der Waals surface area contributed by atoms with Gasteiger partial charge in [-0.1, -0.05) is 49.9 Å². The van der Waals surface area contributed by atoms with E-state index in [1.165, 1.54) is 41.0 Å². The highest BCUT2D eigenvalue weighted by Gasteiger charge is 2.25. The Balaban J connectivity index is 4.19. The molecule has 4 heteroatoms. The van der Waals surface area contributed by atoms with Gasteiger partial charge in [-0.05, 0) is 5.41 Å². The van der Waals surface area contributed by atoms with Crippen molar-refractivity contribution >= 4 is 41.0 Å². The summed E-state index contributed by atoms with van der Waals surface area (Å²) in [6.07, 6.45) is 6.30. The Morgan fingerprint density at radius 2 is 0.769 bits per heavy atom. The van der Waals surface area contributed by atoms with Gasteiger partial charge in [-0.2, -0.15) is 0 Å². The predicted molar refractivity (Wildman–Crippen MR) is 79.9 cm³/mol. The van der Waals surface area contributed by atoms with Crippen LogP contribution in [0.1, 0.15) is 25.7 Å². The van der Waals surface area contributed by atoms with Crippen LogP contribution in [0.4, 0.5) is 0 Å². The van der Waals surface area contributed by atoms with E-state index in [9.17, 15) is 0 Å². The summed E-state index contributed by atoms with van der Waals surface area (Å²) in [5, 5.41) is 0. The van der Waals surface area contributed by atoms with Crippen molar-refractivity contribution in [3.05, 3.63) is 0 Å². The van der Waals surface area contributed by atoms with Gasteiger partial charge in [0.15, 0.2) is 0 Å². The van der Waals surface area contributed by atoms with Gasteiger partial charge in [0.25, 0.3) is 0 Å². The first-order chi connectivity index (χ1) is 6.24. The zero-order valence-corrected chi connectivity index (χ0v) is 18.2. The van der Waals surface area contributed by atoms with Crippen LogP contribution >= 0.6 is 0 Å². The predicted octanol–water partition coefficient (Wildman–Crippen LogP) is -1.33. The molecule has 0 bridgehead atoms. The molecule has 0 fully saturated rings. The second-order valence-corrected chi connectivity index (χ2v) is 8.50. The van der Waals surface area contributed by atoms with Gasteiger partial charge in [-0.25, -0.2) is 0 Å². The highest BCUT2D eigenvalue weighted by Crippen LogP contribution is 2.39. The third-order valence-corrected chi connectivity index (χ3v) is 5.12. The molecular weight excluding hydrogens is 220 g/mol. The molecule has 0 aliphatic rings. The zero-order chi connectivity index (χ0) is 10.2. The minimum absolute atomic E-state index is 0.840. The molecule has 0 heterocycles. The Bertz CT molecular complexity index is 86.7. The minimum atomic E-state index is 0.840. The van der Waals surface area contributed by atoms with Crippen molar-refractivity contribution in [1.29, 1.82) is 0 Å². The maximum atomic E-state index is 1.58. The molecule has 0 aliphatic heterocycles. The van der Waals surface area contributed by atoms with Crippen molar-refractivity contribution in [2.45, 2.75) is 49.9 Å². The molecule has 0 unspecified atom stereocenters. The van der Waals surface area contributed by atoms with Gasteiger partial charge in [0.1, 0.15) is 0 Å². The van der Waals surface area contributed by atoms with Crippen molar-refractivity contribution in [2.24, 2.45) is 5.41 Å². The molecular formula is C9H28Si4. The Morgan fingerprint density at radius 3 is 0.923 bits per heavy atom. The molecule has 0 saturated carbocycles. The summed E-state index contributed by atoms with van der Waals surface area (Å²) in [5.74, 6) is 0. The van der Waals surface area contributed by atoms with Crippen LogP contribution in [-0.4, -0.2) is 41.0 Å². The smallest absolute Gasteiger partial charge is 0.00282 e. The van der Waals surface area contributed by atoms with Gasteiger partial charge >= 0.3 is 0 Å². The van der Waals surface area contributed by atoms with Gasteiger partial charge in [0.05, 0.1) is 0 Å². The maximum Gasteiger partial charge on any atom is 0.00282 e. The summed E-state index contributed by atoms with van der Waals surface area (Å²) in [7, 11) is 5.70. The first-order valence-electron chi connectivity index (χ1n) is 6.24. The molecule has 0 atom stereocenters. The second-order valence-electron chi connectivity index (χ2n) is 4.50. The van der Waals surface area contributed by atoms with Gasteiger partial charge in [0, 0.05) is 41.0 Å². The van der Waals surface area contributed by atoms with Crippen LogP contribution in [0.5, 0.6) is 0 Å².